The Morgan fingerprint density at radius 2 is 1.97 bits per heavy atom. The lowest BCUT2D eigenvalue weighted by Gasteiger charge is -2.15. The Hall–Kier alpha value is -2.41. The molecule has 3 heterocycles. The van der Waals surface area contributed by atoms with Crippen LogP contribution in [0.5, 0.6) is 5.75 Å². The summed E-state index contributed by atoms with van der Waals surface area (Å²) in [7, 11) is 0. The number of pyridine rings is 1. The summed E-state index contributed by atoms with van der Waals surface area (Å²) in [5.74, 6) is 0.607. The minimum absolute atomic E-state index is 0.0436. The van der Waals surface area contributed by atoms with E-state index in [1.54, 1.807) is 28.2 Å². The number of β-amino-alcohol motifs (C(OH)–C–C–N with tert-alkyl or cyclic N) is 1. The minimum atomic E-state index is -0.180. The smallest absolute Gasteiger partial charge is 0.254 e. The topological polar surface area (TPSA) is 54.7 Å². The minimum Gasteiger partial charge on any atom is -0.488 e. The van der Waals surface area contributed by atoms with Crippen LogP contribution in [0.15, 0.2) is 64.9 Å². The van der Waals surface area contributed by atoms with E-state index >= 15 is 0 Å². The van der Waals surface area contributed by atoms with Crippen LogP contribution in [-0.2, 0) is 26.1 Å². The summed E-state index contributed by atoms with van der Waals surface area (Å²) in [5, 5.41) is 11.6. The van der Waals surface area contributed by atoms with Crippen LogP contribution in [-0.4, -0.2) is 33.8 Å². The number of ether oxygens (including phenoxy) is 1. The largest absolute Gasteiger partial charge is 0.488 e. The van der Waals surface area contributed by atoms with Crippen LogP contribution in [0.1, 0.15) is 22.4 Å². The van der Waals surface area contributed by atoms with Crippen molar-refractivity contribution in [2.24, 2.45) is 0 Å². The van der Waals surface area contributed by atoms with Gasteiger partial charge in [-0.05, 0) is 41.5 Å². The van der Waals surface area contributed by atoms with Gasteiger partial charge in [-0.3, -0.25) is 9.69 Å². The third kappa shape index (κ3) is 5.56. The third-order valence-electron chi connectivity index (χ3n) is 5.25. The molecule has 0 bridgehead atoms. The molecule has 29 heavy (non-hydrogen) atoms. The number of aryl methyl sites for hydroxylation is 2. The molecule has 1 N–H and O–H groups in total. The van der Waals surface area contributed by atoms with Gasteiger partial charge in [-0.1, -0.05) is 30.3 Å². The molecule has 4 rings (SSSR count). The fraction of sp³-hybridized carbons (Fsp3) is 0.348. The van der Waals surface area contributed by atoms with Crippen molar-refractivity contribution in [3.05, 3.63) is 86.5 Å². The molecule has 152 valence electrons. The maximum Gasteiger partial charge on any atom is 0.254 e. The van der Waals surface area contributed by atoms with E-state index < -0.39 is 0 Å². The molecule has 0 amide bonds. The molecule has 6 heteroatoms. The zero-order valence-corrected chi connectivity index (χ0v) is 17.2. The van der Waals surface area contributed by atoms with E-state index in [9.17, 15) is 9.90 Å². The molecule has 5 nitrogen and oxygen atoms in total. The second kappa shape index (κ2) is 9.39. The van der Waals surface area contributed by atoms with Crippen LogP contribution in [0, 0.1) is 0 Å². The van der Waals surface area contributed by atoms with Gasteiger partial charge in [0.15, 0.2) is 0 Å². The Morgan fingerprint density at radius 3 is 2.66 bits per heavy atom. The van der Waals surface area contributed by atoms with Gasteiger partial charge >= 0.3 is 0 Å². The van der Waals surface area contributed by atoms with Gasteiger partial charge in [-0.2, -0.15) is 0 Å². The molecule has 2 aromatic heterocycles. The van der Waals surface area contributed by atoms with Crippen LogP contribution >= 0.6 is 11.3 Å². The zero-order chi connectivity index (χ0) is 20.1. The first kappa shape index (κ1) is 19.9. The summed E-state index contributed by atoms with van der Waals surface area (Å²) in [5.41, 5.74) is 2.42. The highest BCUT2D eigenvalue weighted by atomic mass is 32.1. The summed E-state index contributed by atoms with van der Waals surface area (Å²) in [6, 6.07) is 16.0. The number of aliphatic hydroxyl groups is 1. The summed E-state index contributed by atoms with van der Waals surface area (Å²) >= 11 is 1.64. The van der Waals surface area contributed by atoms with Crippen LogP contribution in [0.4, 0.5) is 0 Å². The predicted octanol–water partition coefficient (Wildman–Crippen LogP) is 3.30. The molecule has 1 saturated heterocycles. The Kier molecular flexibility index (Phi) is 6.44. The molecule has 1 fully saturated rings. The number of aromatic nitrogens is 1. The van der Waals surface area contributed by atoms with Crippen molar-refractivity contribution in [2.45, 2.75) is 38.6 Å². The number of likely N-dealkylation sites (tertiary alicyclic amines) is 1. The molecular formula is C23H26N2O3S. The number of benzene rings is 1. The summed E-state index contributed by atoms with van der Waals surface area (Å²) in [4.78, 5) is 15.8. The third-order valence-corrected chi connectivity index (χ3v) is 6.10. The van der Waals surface area contributed by atoms with Crippen LogP contribution in [0.25, 0.3) is 0 Å². The molecule has 0 unspecified atom stereocenters. The van der Waals surface area contributed by atoms with Crippen molar-refractivity contribution in [1.29, 1.82) is 0 Å². The van der Waals surface area contributed by atoms with Crippen molar-refractivity contribution in [1.82, 2.24) is 9.47 Å². The number of aliphatic hydroxyl groups excluding tert-OH is 1. The monoisotopic (exact) mass is 410 g/mol. The lowest BCUT2D eigenvalue weighted by Crippen LogP contribution is -2.21. The highest BCUT2D eigenvalue weighted by Crippen LogP contribution is 2.15. The van der Waals surface area contributed by atoms with Crippen molar-refractivity contribution in [2.75, 3.05) is 13.1 Å². The molecule has 1 aromatic carbocycles. The number of nitrogens with zero attached hydrogens (tertiary/aromatic N) is 2. The fourth-order valence-corrected chi connectivity index (χ4v) is 4.20. The maximum atomic E-state index is 12.4. The average Bonchev–Trinajstić information content (AvgIpc) is 3.38. The highest BCUT2D eigenvalue weighted by molar-refractivity contribution is 7.09. The van der Waals surface area contributed by atoms with Crippen molar-refractivity contribution in [3.8, 4) is 5.75 Å². The molecular weight excluding hydrogens is 384 g/mol. The quantitative estimate of drug-likeness (QED) is 0.619. The lowest BCUT2D eigenvalue weighted by atomic mass is 10.1. The second-order valence-electron chi connectivity index (χ2n) is 7.51. The van der Waals surface area contributed by atoms with E-state index in [1.807, 2.05) is 23.6 Å². The van der Waals surface area contributed by atoms with Crippen molar-refractivity contribution < 1.29 is 9.84 Å². The number of thiophene rings is 1. The Bertz CT molecular complexity index is 967. The first-order valence-electron chi connectivity index (χ1n) is 9.99. The first-order valence-corrected chi connectivity index (χ1v) is 10.9. The lowest BCUT2D eigenvalue weighted by molar-refractivity contribution is 0.175. The van der Waals surface area contributed by atoms with E-state index in [4.69, 9.17) is 4.74 Å². The maximum absolute atomic E-state index is 12.4. The molecule has 1 atom stereocenters. The number of rotatable bonds is 8. The Balaban J connectivity index is 1.28. The molecule has 0 spiro atoms. The van der Waals surface area contributed by atoms with E-state index in [0.29, 0.717) is 18.9 Å². The SMILES string of the molecule is O=c1cc(OCc2cccs2)ccn1CCc1ccc(CN2CC[C@H](O)C2)cc1. The van der Waals surface area contributed by atoms with Crippen molar-refractivity contribution in [3.63, 3.8) is 0 Å². The zero-order valence-electron chi connectivity index (χ0n) is 16.4. The highest BCUT2D eigenvalue weighted by Gasteiger charge is 2.19. The average molecular weight is 411 g/mol. The molecule has 0 aliphatic carbocycles. The Morgan fingerprint density at radius 1 is 1.14 bits per heavy atom. The fourth-order valence-electron chi connectivity index (χ4n) is 3.59. The van der Waals surface area contributed by atoms with Gasteiger partial charge in [0.25, 0.3) is 5.56 Å². The standard InChI is InChI=1S/C23H26N2O3S/c26-20-8-10-24(16-20)15-19-5-3-18(4-6-19)7-11-25-12-9-21(14-23(25)27)28-17-22-2-1-13-29-22/h1-6,9,12-14,20,26H,7-8,10-11,15-17H2/t20-/m0/s1. The molecule has 0 radical (unpaired) electrons. The van der Waals surface area contributed by atoms with E-state index in [2.05, 4.69) is 29.2 Å². The summed E-state index contributed by atoms with van der Waals surface area (Å²) in [6.45, 7) is 3.73. The van der Waals surface area contributed by atoms with E-state index in [1.165, 1.54) is 11.1 Å². The summed E-state index contributed by atoms with van der Waals surface area (Å²) < 4.78 is 7.42. The second-order valence-corrected chi connectivity index (χ2v) is 8.54. The van der Waals surface area contributed by atoms with Crippen LogP contribution in [0.2, 0.25) is 0 Å². The molecule has 3 aromatic rings. The number of hydrogen-bond donors (Lipinski definition) is 1. The van der Waals surface area contributed by atoms with Crippen molar-refractivity contribution >= 4 is 11.3 Å². The van der Waals surface area contributed by atoms with Gasteiger partial charge in [0.05, 0.1) is 6.10 Å². The van der Waals surface area contributed by atoms with Gasteiger partial charge in [0.2, 0.25) is 0 Å². The van der Waals surface area contributed by atoms with Gasteiger partial charge in [-0.15, -0.1) is 11.3 Å². The van der Waals surface area contributed by atoms with Crippen LogP contribution < -0.4 is 10.3 Å². The van der Waals surface area contributed by atoms with Crippen LogP contribution in [0.3, 0.4) is 0 Å². The van der Waals surface area contributed by atoms with Gasteiger partial charge < -0.3 is 14.4 Å². The van der Waals surface area contributed by atoms with Gasteiger partial charge in [-0.25, -0.2) is 0 Å². The van der Waals surface area contributed by atoms with E-state index in [-0.39, 0.29) is 11.7 Å². The van der Waals surface area contributed by atoms with E-state index in [0.717, 1.165) is 37.4 Å². The normalized spacial score (nSPS) is 16.9. The number of hydrogen-bond acceptors (Lipinski definition) is 5. The summed E-state index contributed by atoms with van der Waals surface area (Å²) in [6.07, 6.45) is 3.29. The first-order chi connectivity index (χ1) is 14.2. The molecule has 0 saturated carbocycles. The molecule has 1 aliphatic rings. The Labute approximate surface area is 174 Å². The predicted molar refractivity (Wildman–Crippen MR) is 115 cm³/mol. The van der Waals surface area contributed by atoms with Gasteiger partial charge in [0, 0.05) is 43.3 Å². The molecule has 1 aliphatic heterocycles. The van der Waals surface area contributed by atoms with Gasteiger partial charge in [0.1, 0.15) is 12.4 Å².